The molecule has 0 radical (unpaired) electrons. The van der Waals surface area contributed by atoms with E-state index in [-0.39, 0.29) is 29.5 Å². The quantitative estimate of drug-likeness (QED) is 0.745. The maximum Gasteiger partial charge on any atom is 0.244 e. The molecule has 2 saturated heterocycles. The lowest BCUT2D eigenvalue weighted by molar-refractivity contribution is -0.117. The first-order chi connectivity index (χ1) is 14.3. The van der Waals surface area contributed by atoms with Crippen molar-refractivity contribution < 1.29 is 13.2 Å². The molecule has 0 aliphatic carbocycles. The maximum atomic E-state index is 12.6. The lowest BCUT2D eigenvalue weighted by Crippen LogP contribution is -2.49. The molecule has 1 aromatic heterocycles. The number of hydrogen-bond donors (Lipinski definition) is 1. The summed E-state index contributed by atoms with van der Waals surface area (Å²) in [6, 6.07) is 11.7. The van der Waals surface area contributed by atoms with Crippen molar-refractivity contribution in [2.24, 2.45) is 0 Å². The molecular formula is C23H29N3O3S. The van der Waals surface area contributed by atoms with E-state index in [9.17, 15) is 13.2 Å². The third-order valence-corrected chi connectivity index (χ3v) is 7.88. The van der Waals surface area contributed by atoms with Crippen LogP contribution in [-0.4, -0.2) is 60.5 Å². The largest absolute Gasteiger partial charge is 0.347 e. The van der Waals surface area contributed by atoms with Crippen LogP contribution in [0.25, 0.3) is 11.8 Å². The predicted molar refractivity (Wildman–Crippen MR) is 119 cm³/mol. The van der Waals surface area contributed by atoms with Crippen LogP contribution < -0.4 is 5.32 Å². The molecule has 0 bridgehead atoms. The number of amides is 1. The summed E-state index contributed by atoms with van der Waals surface area (Å²) < 4.78 is 26.5. The molecule has 2 aromatic rings. The van der Waals surface area contributed by atoms with Gasteiger partial charge >= 0.3 is 0 Å². The number of nitrogens with one attached hydrogen (secondary N) is 1. The normalized spacial score (nSPS) is 23.9. The zero-order valence-corrected chi connectivity index (χ0v) is 18.4. The first-order valence-electron chi connectivity index (χ1n) is 10.5. The minimum absolute atomic E-state index is 0.0241. The highest BCUT2D eigenvalue weighted by Crippen LogP contribution is 2.24. The SMILES string of the molecule is Cc1cc(/C=C/C(=O)NC2CS(=O)(=O)CC2N2CCCC2)c(C)n1-c1ccccc1. The van der Waals surface area contributed by atoms with Gasteiger partial charge in [0.2, 0.25) is 5.91 Å². The lowest BCUT2D eigenvalue weighted by Gasteiger charge is -2.28. The van der Waals surface area contributed by atoms with Gasteiger partial charge in [-0.05, 0) is 69.6 Å². The first kappa shape index (κ1) is 20.9. The number of aromatic nitrogens is 1. The zero-order valence-electron chi connectivity index (χ0n) is 17.5. The Morgan fingerprint density at radius 1 is 1.10 bits per heavy atom. The minimum atomic E-state index is -3.12. The number of sulfone groups is 1. The molecule has 0 spiro atoms. The molecule has 160 valence electrons. The van der Waals surface area contributed by atoms with E-state index in [4.69, 9.17) is 0 Å². The Bertz CT molecular complexity index is 1050. The highest BCUT2D eigenvalue weighted by atomic mass is 32.2. The van der Waals surface area contributed by atoms with Crippen molar-refractivity contribution in [3.63, 3.8) is 0 Å². The van der Waals surface area contributed by atoms with Crippen LogP contribution in [0, 0.1) is 13.8 Å². The molecule has 2 aliphatic heterocycles. The van der Waals surface area contributed by atoms with Crippen molar-refractivity contribution in [2.75, 3.05) is 24.6 Å². The summed E-state index contributed by atoms with van der Waals surface area (Å²) in [4.78, 5) is 14.8. The van der Waals surface area contributed by atoms with Gasteiger partial charge in [0.05, 0.1) is 17.5 Å². The van der Waals surface area contributed by atoms with E-state index < -0.39 is 9.84 Å². The van der Waals surface area contributed by atoms with E-state index in [1.807, 2.05) is 38.1 Å². The van der Waals surface area contributed by atoms with Gasteiger partial charge in [-0.2, -0.15) is 0 Å². The Labute approximate surface area is 178 Å². The highest BCUT2D eigenvalue weighted by Gasteiger charge is 2.42. The molecule has 4 rings (SSSR count). The fourth-order valence-corrected chi connectivity index (χ4v) is 6.68. The molecule has 2 unspecified atom stereocenters. The van der Waals surface area contributed by atoms with Crippen LogP contribution in [0.2, 0.25) is 0 Å². The second-order valence-corrected chi connectivity index (χ2v) is 10.5. The molecule has 1 N–H and O–H groups in total. The van der Waals surface area contributed by atoms with E-state index in [1.54, 1.807) is 0 Å². The molecule has 1 aromatic carbocycles. The summed E-state index contributed by atoms with van der Waals surface area (Å²) in [5.74, 6) is -0.0818. The number of nitrogens with zero attached hydrogens (tertiary/aromatic N) is 2. The second kappa shape index (κ2) is 8.40. The van der Waals surface area contributed by atoms with Crippen LogP contribution in [-0.2, 0) is 14.6 Å². The Morgan fingerprint density at radius 3 is 2.50 bits per heavy atom. The maximum absolute atomic E-state index is 12.6. The van der Waals surface area contributed by atoms with E-state index in [1.165, 1.54) is 6.08 Å². The van der Waals surface area contributed by atoms with Crippen LogP contribution in [0.4, 0.5) is 0 Å². The van der Waals surface area contributed by atoms with Crippen molar-refractivity contribution in [1.29, 1.82) is 0 Å². The van der Waals surface area contributed by atoms with Crippen molar-refractivity contribution in [1.82, 2.24) is 14.8 Å². The van der Waals surface area contributed by atoms with Crippen LogP contribution in [0.1, 0.15) is 29.8 Å². The number of hydrogen-bond acceptors (Lipinski definition) is 4. The summed E-state index contributed by atoms with van der Waals surface area (Å²) in [5, 5.41) is 2.95. The van der Waals surface area contributed by atoms with E-state index >= 15 is 0 Å². The molecule has 2 fully saturated rings. The molecule has 6 nitrogen and oxygen atoms in total. The minimum Gasteiger partial charge on any atom is -0.347 e. The summed E-state index contributed by atoms with van der Waals surface area (Å²) in [6.45, 7) is 5.90. The molecular weight excluding hydrogens is 398 g/mol. The van der Waals surface area contributed by atoms with E-state index in [0.29, 0.717) is 0 Å². The van der Waals surface area contributed by atoms with Gasteiger partial charge in [0, 0.05) is 29.2 Å². The summed E-state index contributed by atoms with van der Waals surface area (Å²) >= 11 is 0. The average Bonchev–Trinajstić information content (AvgIpc) is 3.39. The molecule has 3 heterocycles. The monoisotopic (exact) mass is 427 g/mol. The van der Waals surface area contributed by atoms with Crippen LogP contribution in [0.15, 0.2) is 42.5 Å². The average molecular weight is 428 g/mol. The molecule has 2 atom stereocenters. The molecule has 0 saturated carbocycles. The van der Waals surface area contributed by atoms with Crippen molar-refractivity contribution >= 4 is 21.8 Å². The van der Waals surface area contributed by atoms with Crippen molar-refractivity contribution in [3.05, 3.63) is 59.4 Å². The number of likely N-dealkylation sites (tertiary alicyclic amines) is 1. The van der Waals surface area contributed by atoms with Crippen LogP contribution in [0.5, 0.6) is 0 Å². The van der Waals surface area contributed by atoms with E-state index in [0.717, 1.165) is 48.6 Å². The number of rotatable bonds is 5. The summed E-state index contributed by atoms with van der Waals surface area (Å²) in [6.07, 6.45) is 5.51. The Balaban J connectivity index is 1.48. The predicted octanol–water partition coefficient (Wildman–Crippen LogP) is 2.48. The molecule has 7 heteroatoms. The third kappa shape index (κ3) is 4.37. The lowest BCUT2D eigenvalue weighted by atomic mass is 10.1. The first-order valence-corrected chi connectivity index (χ1v) is 12.3. The van der Waals surface area contributed by atoms with Gasteiger partial charge in [-0.1, -0.05) is 18.2 Å². The molecule has 30 heavy (non-hydrogen) atoms. The Kier molecular flexibility index (Phi) is 5.84. The van der Waals surface area contributed by atoms with Crippen molar-refractivity contribution in [3.8, 4) is 5.69 Å². The second-order valence-electron chi connectivity index (χ2n) is 8.33. The van der Waals surface area contributed by atoms with E-state index in [2.05, 4.69) is 33.0 Å². The number of para-hydroxylation sites is 1. The Hall–Kier alpha value is -2.38. The fraction of sp³-hybridized carbons (Fsp3) is 0.435. The number of benzene rings is 1. The van der Waals surface area contributed by atoms with Gasteiger partial charge in [0.25, 0.3) is 0 Å². The van der Waals surface area contributed by atoms with Gasteiger partial charge in [0.15, 0.2) is 9.84 Å². The van der Waals surface area contributed by atoms with Crippen molar-refractivity contribution in [2.45, 2.75) is 38.8 Å². The fourth-order valence-electron chi connectivity index (χ4n) is 4.73. The summed E-state index contributed by atoms with van der Waals surface area (Å²) in [5.41, 5.74) is 4.21. The number of aryl methyl sites for hydroxylation is 1. The molecule has 2 aliphatic rings. The summed E-state index contributed by atoms with van der Waals surface area (Å²) in [7, 11) is -3.12. The van der Waals surface area contributed by atoms with Crippen LogP contribution in [0.3, 0.4) is 0 Å². The number of carbonyl (C=O) groups excluding carboxylic acids is 1. The topological polar surface area (TPSA) is 71.4 Å². The zero-order chi connectivity index (χ0) is 21.3. The van der Waals surface area contributed by atoms with Gasteiger partial charge in [0.1, 0.15) is 0 Å². The third-order valence-electron chi connectivity index (χ3n) is 6.16. The highest BCUT2D eigenvalue weighted by molar-refractivity contribution is 7.91. The number of carbonyl (C=O) groups is 1. The molecule has 1 amide bonds. The van der Waals surface area contributed by atoms with Gasteiger partial charge in [-0.25, -0.2) is 8.42 Å². The smallest absolute Gasteiger partial charge is 0.244 e. The van der Waals surface area contributed by atoms with Gasteiger partial charge < -0.3 is 9.88 Å². The van der Waals surface area contributed by atoms with Gasteiger partial charge in [-0.15, -0.1) is 0 Å². The Morgan fingerprint density at radius 2 is 1.80 bits per heavy atom. The van der Waals surface area contributed by atoms with Gasteiger partial charge in [-0.3, -0.25) is 9.69 Å². The standard InChI is InChI=1S/C23H29N3O3S/c1-17-14-19(18(2)26(17)20-8-4-3-5-9-20)10-11-23(27)24-21-15-30(28,29)16-22(21)25-12-6-7-13-25/h3-5,8-11,14,21-22H,6-7,12-13,15-16H2,1-2H3,(H,24,27)/b11-10+. The van der Waals surface area contributed by atoms with Crippen LogP contribution >= 0.6 is 0 Å².